The number of aromatic nitrogens is 3. The third kappa shape index (κ3) is 5.53. The second kappa shape index (κ2) is 9.93. The molecule has 2 heterocycles. The number of halogens is 2. The molecular weight excluding hydrogens is 443 g/mol. The number of benzene rings is 1. The molecule has 2 fully saturated rings. The maximum Gasteiger partial charge on any atom is 0.327 e. The highest BCUT2D eigenvalue weighted by atomic mass is 35.5. The van der Waals surface area contributed by atoms with Crippen molar-refractivity contribution in [3.8, 4) is 0 Å². The van der Waals surface area contributed by atoms with Crippen LogP contribution in [-0.2, 0) is 16.1 Å². The summed E-state index contributed by atoms with van der Waals surface area (Å²) < 4.78 is 14.6. The number of hydrogen-bond donors (Lipinski definition) is 2. The summed E-state index contributed by atoms with van der Waals surface area (Å²) in [5, 5.41) is 17.0. The number of carboxylic acid groups (broad SMARTS) is 1. The van der Waals surface area contributed by atoms with E-state index in [4.69, 9.17) is 5.11 Å². The van der Waals surface area contributed by atoms with Crippen LogP contribution in [0.3, 0.4) is 0 Å². The average molecular weight is 467 g/mol. The SMILES string of the molecule is Cl.O=C(O)Cn1ncc(/C=C2\CN(C(C(=O)C3CC3)c3ccccc3F)CCC2S)n1. The smallest absolute Gasteiger partial charge is 0.327 e. The zero-order valence-electron chi connectivity index (χ0n) is 16.7. The molecule has 2 unspecified atom stereocenters. The number of aliphatic carboxylic acids is 1. The molecule has 7 nitrogen and oxygen atoms in total. The van der Waals surface area contributed by atoms with Crippen molar-refractivity contribution in [3.05, 3.63) is 53.1 Å². The Morgan fingerprint density at radius 3 is 2.71 bits per heavy atom. The first-order valence-corrected chi connectivity index (χ1v) is 10.5. The number of ketones is 1. The lowest BCUT2D eigenvalue weighted by Gasteiger charge is -2.37. The fourth-order valence-electron chi connectivity index (χ4n) is 3.84. The minimum absolute atomic E-state index is 0. The zero-order valence-corrected chi connectivity index (χ0v) is 18.4. The van der Waals surface area contributed by atoms with Crippen molar-refractivity contribution < 1.29 is 19.1 Å². The molecule has 1 saturated carbocycles. The Morgan fingerprint density at radius 1 is 1.29 bits per heavy atom. The third-order valence-corrected chi connectivity index (χ3v) is 6.07. The summed E-state index contributed by atoms with van der Waals surface area (Å²) >= 11 is 4.67. The maximum atomic E-state index is 14.6. The van der Waals surface area contributed by atoms with E-state index < -0.39 is 12.0 Å². The molecule has 2 aromatic rings. The van der Waals surface area contributed by atoms with Gasteiger partial charge in [-0.2, -0.15) is 27.6 Å². The Morgan fingerprint density at radius 2 is 2.03 bits per heavy atom. The number of hydrogen-bond acceptors (Lipinski definition) is 6. The number of Topliss-reactive ketones (excluding diaryl/α,β-unsaturated/α-hetero) is 1. The molecule has 1 saturated heterocycles. The molecule has 2 aliphatic rings. The molecule has 0 spiro atoms. The molecule has 1 aromatic heterocycles. The van der Waals surface area contributed by atoms with Crippen molar-refractivity contribution >= 4 is 42.9 Å². The fraction of sp³-hybridized carbons (Fsp3) is 0.429. The summed E-state index contributed by atoms with van der Waals surface area (Å²) in [6, 6.07) is 5.85. The van der Waals surface area contributed by atoms with Gasteiger partial charge in [0.25, 0.3) is 0 Å². The predicted octanol–water partition coefficient (Wildman–Crippen LogP) is 3.03. The Kier molecular flexibility index (Phi) is 7.51. The molecule has 4 rings (SSSR count). The van der Waals surface area contributed by atoms with E-state index in [1.165, 1.54) is 12.3 Å². The van der Waals surface area contributed by atoms with Crippen molar-refractivity contribution in [3.63, 3.8) is 0 Å². The van der Waals surface area contributed by atoms with Crippen LogP contribution >= 0.6 is 25.0 Å². The van der Waals surface area contributed by atoms with E-state index in [0.29, 0.717) is 30.8 Å². The lowest BCUT2D eigenvalue weighted by atomic mass is 9.93. The van der Waals surface area contributed by atoms with Gasteiger partial charge in [-0.1, -0.05) is 18.2 Å². The monoisotopic (exact) mass is 466 g/mol. The molecule has 0 radical (unpaired) electrons. The van der Waals surface area contributed by atoms with Crippen LogP contribution in [0.4, 0.5) is 4.39 Å². The lowest BCUT2D eigenvalue weighted by Crippen LogP contribution is -2.42. The van der Waals surface area contributed by atoms with Gasteiger partial charge in [0.1, 0.15) is 11.5 Å². The number of rotatable bonds is 7. The van der Waals surface area contributed by atoms with E-state index >= 15 is 0 Å². The van der Waals surface area contributed by atoms with Gasteiger partial charge in [-0.3, -0.25) is 14.5 Å². The number of carbonyl (C=O) groups excluding carboxylic acids is 1. The summed E-state index contributed by atoms with van der Waals surface area (Å²) in [7, 11) is 0. The first kappa shape index (κ1) is 23.4. The molecule has 0 amide bonds. The number of nitrogens with zero attached hydrogens (tertiary/aromatic N) is 4. The molecular formula is C21H24ClFN4O3S. The third-order valence-electron chi connectivity index (χ3n) is 5.48. The highest BCUT2D eigenvalue weighted by Gasteiger charge is 2.40. The van der Waals surface area contributed by atoms with Crippen molar-refractivity contribution in [2.45, 2.75) is 37.1 Å². The quantitative estimate of drug-likeness (QED) is 0.610. The lowest BCUT2D eigenvalue weighted by molar-refractivity contribution is -0.138. The second-order valence-electron chi connectivity index (χ2n) is 7.79. The van der Waals surface area contributed by atoms with Crippen molar-refractivity contribution in [2.75, 3.05) is 13.1 Å². The fourth-order valence-corrected chi connectivity index (χ4v) is 4.11. The van der Waals surface area contributed by atoms with Gasteiger partial charge < -0.3 is 5.11 Å². The second-order valence-corrected chi connectivity index (χ2v) is 8.41. The highest BCUT2D eigenvalue weighted by Crippen LogP contribution is 2.39. The van der Waals surface area contributed by atoms with Crippen molar-refractivity contribution in [2.24, 2.45) is 5.92 Å². The van der Waals surface area contributed by atoms with E-state index in [9.17, 15) is 14.0 Å². The summed E-state index contributed by atoms with van der Waals surface area (Å²) in [4.78, 5) is 27.0. The first-order chi connectivity index (χ1) is 14.4. The molecule has 2 atom stereocenters. The van der Waals surface area contributed by atoms with E-state index in [0.717, 1.165) is 23.2 Å². The summed E-state index contributed by atoms with van der Waals surface area (Å²) in [5.74, 6) is -1.31. The molecule has 31 heavy (non-hydrogen) atoms. The molecule has 1 aliphatic heterocycles. The van der Waals surface area contributed by atoms with Crippen molar-refractivity contribution in [1.29, 1.82) is 0 Å². The zero-order chi connectivity index (χ0) is 21.3. The number of carboxylic acids is 1. The van der Waals surface area contributed by atoms with Crippen LogP contribution in [0.1, 0.15) is 36.6 Å². The van der Waals surface area contributed by atoms with Gasteiger partial charge in [-0.25, -0.2) is 4.39 Å². The highest BCUT2D eigenvalue weighted by molar-refractivity contribution is 7.81. The number of thiol groups is 1. The minimum Gasteiger partial charge on any atom is -0.480 e. The van der Waals surface area contributed by atoms with Crippen molar-refractivity contribution in [1.82, 2.24) is 19.9 Å². The molecule has 10 heteroatoms. The summed E-state index contributed by atoms with van der Waals surface area (Å²) in [6.45, 7) is 0.775. The number of carbonyl (C=O) groups is 2. The predicted molar refractivity (Wildman–Crippen MR) is 119 cm³/mol. The number of piperidine rings is 1. The molecule has 1 aliphatic carbocycles. The average Bonchev–Trinajstić information content (AvgIpc) is 3.47. The van der Waals surface area contributed by atoms with Gasteiger partial charge in [0, 0.05) is 29.8 Å². The van der Waals surface area contributed by atoms with Gasteiger partial charge in [-0.05, 0) is 37.0 Å². The van der Waals surface area contributed by atoms with Gasteiger partial charge in [0.2, 0.25) is 0 Å². The van der Waals surface area contributed by atoms with E-state index in [-0.39, 0.29) is 41.7 Å². The Hall–Kier alpha value is -2.23. The van der Waals surface area contributed by atoms with E-state index in [1.807, 2.05) is 11.0 Å². The van der Waals surface area contributed by atoms with Crippen LogP contribution in [0.5, 0.6) is 0 Å². The maximum absolute atomic E-state index is 14.6. The minimum atomic E-state index is -1.02. The first-order valence-electron chi connectivity index (χ1n) is 9.95. The van der Waals surface area contributed by atoms with Gasteiger partial charge >= 0.3 is 5.97 Å². The Bertz CT molecular complexity index is 995. The molecule has 166 valence electrons. The normalized spacial score (nSPS) is 21.5. The largest absolute Gasteiger partial charge is 0.480 e. The molecule has 0 bridgehead atoms. The van der Waals surface area contributed by atoms with Gasteiger partial charge in [-0.15, -0.1) is 12.4 Å². The van der Waals surface area contributed by atoms with Gasteiger partial charge in [0.05, 0.1) is 12.2 Å². The van der Waals surface area contributed by atoms with E-state index in [2.05, 4.69) is 22.8 Å². The summed E-state index contributed by atoms with van der Waals surface area (Å²) in [6.07, 6.45) is 5.76. The van der Waals surface area contributed by atoms with Crippen LogP contribution in [0.25, 0.3) is 6.08 Å². The van der Waals surface area contributed by atoms with Crippen LogP contribution in [-0.4, -0.2) is 55.1 Å². The molecule has 1 aromatic carbocycles. The van der Waals surface area contributed by atoms with Crippen LogP contribution in [0.2, 0.25) is 0 Å². The van der Waals surface area contributed by atoms with Crippen LogP contribution in [0, 0.1) is 11.7 Å². The molecule has 1 N–H and O–H groups in total. The summed E-state index contributed by atoms with van der Waals surface area (Å²) in [5.41, 5.74) is 1.89. The standard InChI is InChI=1S/C21H23FN4O3S.ClH/c22-17-4-2-1-3-16(17)20(21(29)13-5-6-13)25-8-7-18(30)14(11-25)9-15-10-23-26(24-15)12-19(27)28;/h1-4,9-10,13,18,20,30H,5-8,11-12H2,(H,27,28);1H/b14-9+;. The van der Waals surface area contributed by atoms with Gasteiger partial charge in [0.15, 0.2) is 12.3 Å². The van der Waals surface area contributed by atoms with Crippen LogP contribution < -0.4 is 0 Å². The topological polar surface area (TPSA) is 88.3 Å². The van der Waals surface area contributed by atoms with Crippen LogP contribution in [0.15, 0.2) is 36.0 Å². The van der Waals surface area contributed by atoms with E-state index in [1.54, 1.807) is 18.2 Å². The Balaban J connectivity index is 0.00000272. The number of likely N-dealkylation sites (tertiary alicyclic amines) is 1. The Labute approximate surface area is 191 Å².